The van der Waals surface area contributed by atoms with Gasteiger partial charge in [-0.2, -0.15) is 5.26 Å². The van der Waals surface area contributed by atoms with E-state index in [1.54, 1.807) is 37.5 Å². The van der Waals surface area contributed by atoms with Gasteiger partial charge >= 0.3 is 0 Å². The van der Waals surface area contributed by atoms with Crippen molar-refractivity contribution in [3.63, 3.8) is 0 Å². The van der Waals surface area contributed by atoms with Crippen molar-refractivity contribution in [2.24, 2.45) is 0 Å². The average molecular weight is 336 g/mol. The van der Waals surface area contributed by atoms with Crippen LogP contribution in [0, 0.1) is 11.3 Å². The fraction of sp³-hybridized carbons (Fsp3) is 0.200. The van der Waals surface area contributed by atoms with Crippen molar-refractivity contribution in [3.8, 4) is 17.6 Å². The van der Waals surface area contributed by atoms with Gasteiger partial charge in [0.05, 0.1) is 13.7 Å². The Kier molecular flexibility index (Phi) is 6.61. The monoisotopic (exact) mass is 336 g/mol. The molecule has 0 saturated carbocycles. The number of nitrogens with one attached hydrogen (secondary N) is 1. The van der Waals surface area contributed by atoms with Crippen LogP contribution in [0.3, 0.4) is 0 Å². The molecule has 0 fully saturated rings. The summed E-state index contributed by atoms with van der Waals surface area (Å²) in [6.45, 7) is 2.84. The first kappa shape index (κ1) is 18.1. The second kappa shape index (κ2) is 9.14. The predicted octanol–water partition coefficient (Wildman–Crippen LogP) is 3.32. The molecule has 1 amide bonds. The van der Waals surface area contributed by atoms with Gasteiger partial charge in [0.25, 0.3) is 5.91 Å². The molecular weight excluding hydrogens is 316 g/mol. The zero-order chi connectivity index (χ0) is 18.1. The third kappa shape index (κ3) is 5.40. The Morgan fingerprint density at radius 2 is 1.76 bits per heavy atom. The number of carbonyl (C=O) groups is 1. The lowest BCUT2D eigenvalue weighted by Gasteiger charge is -2.06. The van der Waals surface area contributed by atoms with E-state index in [1.807, 2.05) is 37.3 Å². The Morgan fingerprint density at radius 3 is 2.32 bits per heavy atom. The number of hydrogen-bond acceptors (Lipinski definition) is 4. The van der Waals surface area contributed by atoms with Crippen LogP contribution < -0.4 is 14.8 Å². The molecule has 0 radical (unpaired) electrons. The molecule has 0 aliphatic carbocycles. The van der Waals surface area contributed by atoms with Crippen molar-refractivity contribution in [1.82, 2.24) is 5.32 Å². The Morgan fingerprint density at radius 1 is 1.12 bits per heavy atom. The van der Waals surface area contributed by atoms with E-state index in [-0.39, 0.29) is 5.57 Å². The third-order valence-corrected chi connectivity index (χ3v) is 3.48. The van der Waals surface area contributed by atoms with E-state index in [0.29, 0.717) is 13.2 Å². The predicted molar refractivity (Wildman–Crippen MR) is 96.0 cm³/mol. The van der Waals surface area contributed by atoms with Crippen LogP contribution >= 0.6 is 0 Å². The number of nitrogens with zero attached hydrogens (tertiary/aromatic N) is 1. The van der Waals surface area contributed by atoms with Crippen LogP contribution in [0.4, 0.5) is 0 Å². The zero-order valence-corrected chi connectivity index (χ0v) is 14.3. The number of hydrogen-bond donors (Lipinski definition) is 1. The second-order valence-corrected chi connectivity index (χ2v) is 5.20. The van der Waals surface area contributed by atoms with Gasteiger partial charge in [-0.25, -0.2) is 0 Å². The minimum absolute atomic E-state index is 0.0534. The first-order valence-corrected chi connectivity index (χ1v) is 7.92. The van der Waals surface area contributed by atoms with E-state index in [0.717, 1.165) is 22.6 Å². The average Bonchev–Trinajstić information content (AvgIpc) is 2.66. The molecule has 0 heterocycles. The molecule has 2 aromatic carbocycles. The Hall–Kier alpha value is -3.26. The summed E-state index contributed by atoms with van der Waals surface area (Å²) >= 11 is 0. The lowest BCUT2D eigenvalue weighted by atomic mass is 10.1. The molecule has 2 rings (SSSR count). The topological polar surface area (TPSA) is 71.3 Å². The van der Waals surface area contributed by atoms with Crippen LogP contribution in [0.5, 0.6) is 11.5 Å². The van der Waals surface area contributed by atoms with E-state index >= 15 is 0 Å². The molecule has 0 spiro atoms. The smallest absolute Gasteiger partial charge is 0.262 e. The van der Waals surface area contributed by atoms with Gasteiger partial charge < -0.3 is 14.8 Å². The van der Waals surface area contributed by atoms with Crippen LogP contribution in [0.1, 0.15) is 18.1 Å². The van der Waals surface area contributed by atoms with Gasteiger partial charge in [0, 0.05) is 6.54 Å². The van der Waals surface area contributed by atoms with Crippen molar-refractivity contribution >= 4 is 12.0 Å². The molecule has 1 N–H and O–H groups in total. The molecular formula is C20H20N2O3. The molecule has 25 heavy (non-hydrogen) atoms. The highest BCUT2D eigenvalue weighted by Crippen LogP contribution is 2.15. The molecule has 0 aromatic heterocycles. The minimum atomic E-state index is -0.410. The van der Waals surface area contributed by atoms with Crippen LogP contribution in [0.15, 0.2) is 54.1 Å². The highest BCUT2D eigenvalue weighted by atomic mass is 16.5. The first-order valence-electron chi connectivity index (χ1n) is 7.92. The molecule has 0 saturated heterocycles. The van der Waals surface area contributed by atoms with Crippen molar-refractivity contribution in [1.29, 1.82) is 5.26 Å². The lowest BCUT2D eigenvalue weighted by molar-refractivity contribution is -0.117. The van der Waals surface area contributed by atoms with Crippen molar-refractivity contribution < 1.29 is 14.3 Å². The van der Waals surface area contributed by atoms with Crippen LogP contribution in [0.2, 0.25) is 0 Å². The Labute approximate surface area is 147 Å². The zero-order valence-electron chi connectivity index (χ0n) is 14.3. The van der Waals surface area contributed by atoms with Crippen molar-refractivity contribution in [3.05, 3.63) is 65.2 Å². The SMILES string of the molecule is CCOc1ccc(/C=C(/C#N)C(=O)NCc2ccc(OC)cc2)cc1. The number of amides is 1. The summed E-state index contributed by atoms with van der Waals surface area (Å²) < 4.78 is 10.5. The van der Waals surface area contributed by atoms with Gasteiger partial charge in [0.2, 0.25) is 0 Å². The second-order valence-electron chi connectivity index (χ2n) is 5.20. The molecule has 5 nitrogen and oxygen atoms in total. The van der Waals surface area contributed by atoms with Crippen molar-refractivity contribution in [2.75, 3.05) is 13.7 Å². The van der Waals surface area contributed by atoms with Crippen molar-refractivity contribution in [2.45, 2.75) is 13.5 Å². The summed E-state index contributed by atoms with van der Waals surface area (Å²) in [5.41, 5.74) is 1.74. The maximum absolute atomic E-state index is 12.2. The van der Waals surface area contributed by atoms with Crippen LogP contribution in [0.25, 0.3) is 6.08 Å². The summed E-state index contributed by atoms with van der Waals surface area (Å²) in [6, 6.07) is 16.5. The van der Waals surface area contributed by atoms with E-state index in [9.17, 15) is 10.1 Å². The Balaban J connectivity index is 2.00. The highest BCUT2D eigenvalue weighted by Gasteiger charge is 2.09. The molecule has 128 valence electrons. The number of methoxy groups -OCH3 is 1. The maximum atomic E-state index is 12.2. The van der Waals surface area contributed by atoms with Gasteiger partial charge in [0.15, 0.2) is 0 Å². The van der Waals surface area contributed by atoms with Gasteiger partial charge in [-0.15, -0.1) is 0 Å². The summed E-state index contributed by atoms with van der Waals surface area (Å²) in [7, 11) is 1.60. The summed E-state index contributed by atoms with van der Waals surface area (Å²) in [5.74, 6) is 1.09. The van der Waals surface area contributed by atoms with E-state index in [4.69, 9.17) is 9.47 Å². The van der Waals surface area contributed by atoms with Gasteiger partial charge in [-0.1, -0.05) is 24.3 Å². The number of benzene rings is 2. The summed E-state index contributed by atoms with van der Waals surface area (Å²) in [5, 5.41) is 12.0. The van der Waals surface area contributed by atoms with E-state index in [2.05, 4.69) is 5.32 Å². The minimum Gasteiger partial charge on any atom is -0.497 e. The summed E-state index contributed by atoms with van der Waals surface area (Å²) in [6.07, 6.45) is 1.55. The molecule has 0 unspecified atom stereocenters. The summed E-state index contributed by atoms with van der Waals surface area (Å²) in [4.78, 5) is 12.2. The molecule has 0 bridgehead atoms. The number of nitriles is 1. The highest BCUT2D eigenvalue weighted by molar-refractivity contribution is 6.01. The Bertz CT molecular complexity index is 772. The fourth-order valence-corrected chi connectivity index (χ4v) is 2.16. The lowest BCUT2D eigenvalue weighted by Crippen LogP contribution is -2.23. The van der Waals surface area contributed by atoms with Crippen LogP contribution in [-0.4, -0.2) is 19.6 Å². The van der Waals surface area contributed by atoms with Gasteiger partial charge in [0.1, 0.15) is 23.1 Å². The largest absolute Gasteiger partial charge is 0.497 e. The number of rotatable bonds is 7. The van der Waals surface area contributed by atoms with Gasteiger partial charge in [-0.05, 0) is 48.4 Å². The van der Waals surface area contributed by atoms with Gasteiger partial charge in [-0.3, -0.25) is 4.79 Å². The third-order valence-electron chi connectivity index (χ3n) is 3.48. The molecule has 5 heteroatoms. The fourth-order valence-electron chi connectivity index (χ4n) is 2.16. The normalized spacial score (nSPS) is 10.7. The number of carbonyl (C=O) groups excluding carboxylic acids is 1. The quantitative estimate of drug-likeness (QED) is 0.622. The maximum Gasteiger partial charge on any atom is 0.262 e. The molecule has 0 aliphatic heterocycles. The number of ether oxygens (including phenoxy) is 2. The van der Waals surface area contributed by atoms with Crippen LogP contribution in [-0.2, 0) is 11.3 Å². The van der Waals surface area contributed by atoms with E-state index < -0.39 is 5.91 Å². The molecule has 0 aliphatic rings. The van der Waals surface area contributed by atoms with E-state index in [1.165, 1.54) is 0 Å². The standard InChI is InChI=1S/C20H20N2O3/c1-3-25-19-10-4-15(5-11-19)12-17(13-21)20(23)22-14-16-6-8-18(24-2)9-7-16/h4-12H,3,14H2,1-2H3,(H,22,23)/b17-12-. The first-order chi connectivity index (χ1) is 12.2. The molecule has 0 atom stereocenters. The molecule has 2 aromatic rings.